The molecule has 1 aromatic rings. The normalized spacial score (nSPS) is 13.3. The molecule has 0 saturated heterocycles. The molecule has 1 aliphatic carbocycles. The summed E-state index contributed by atoms with van der Waals surface area (Å²) in [4.78, 5) is 0. The summed E-state index contributed by atoms with van der Waals surface area (Å²) < 4.78 is 3.92. The van der Waals surface area contributed by atoms with Gasteiger partial charge in [-0.15, -0.1) is 0 Å². The van der Waals surface area contributed by atoms with Crippen LogP contribution >= 0.6 is 0 Å². The average Bonchev–Trinajstić information content (AvgIpc) is 2.70. The Kier molecular flexibility index (Phi) is 11.7. The Hall–Kier alpha value is 0.501. The molecule has 22 heavy (non-hydrogen) atoms. The van der Waals surface area contributed by atoms with Crippen LogP contribution in [-0.4, -0.2) is 10.2 Å². The van der Waals surface area contributed by atoms with Gasteiger partial charge < -0.3 is 37.2 Å². The maximum atomic E-state index is 2.50. The smallest absolute Gasteiger partial charge is 1.00 e. The van der Waals surface area contributed by atoms with Crippen molar-refractivity contribution in [3.8, 4) is 0 Å². The van der Waals surface area contributed by atoms with Gasteiger partial charge in [-0.05, 0) is 0 Å². The summed E-state index contributed by atoms with van der Waals surface area (Å²) in [5.74, 6) is 0. The summed E-state index contributed by atoms with van der Waals surface area (Å²) in [6.45, 7) is 9.66. The van der Waals surface area contributed by atoms with E-state index in [2.05, 4.69) is 64.1 Å². The van der Waals surface area contributed by atoms with Crippen LogP contribution in [0.25, 0.3) is 0 Å². The van der Waals surface area contributed by atoms with Crippen LogP contribution in [0.4, 0.5) is 0 Å². The molecular weight excluding hydrogens is 386 g/mol. The molecule has 2 rings (SSSR count). The van der Waals surface area contributed by atoms with Crippen LogP contribution < -0.4 is 41.1 Å². The minimum absolute atomic E-state index is 0. The quantitative estimate of drug-likeness (QED) is 0.436. The fourth-order valence-corrected chi connectivity index (χ4v) is 10.1. The van der Waals surface area contributed by atoms with Crippen LogP contribution in [0, 0.1) is 0 Å². The molecule has 0 saturated carbocycles. The third-order valence-electron chi connectivity index (χ3n) is 3.92. The zero-order valence-corrected chi connectivity index (χ0v) is 19.8. The number of rotatable bonds is 3. The first-order chi connectivity index (χ1) is 8.95. The van der Waals surface area contributed by atoms with Crippen molar-refractivity contribution in [2.24, 2.45) is 0 Å². The van der Waals surface area contributed by atoms with E-state index in [1.807, 2.05) is 3.88 Å². The Balaban J connectivity index is 0. The fourth-order valence-electron chi connectivity index (χ4n) is 3.15. The summed E-state index contributed by atoms with van der Waals surface area (Å²) in [6.07, 6.45) is 4.97. The van der Waals surface area contributed by atoms with Crippen molar-refractivity contribution in [2.45, 2.75) is 44.3 Å². The van der Waals surface area contributed by atoms with Gasteiger partial charge in [0.05, 0.1) is 0 Å². The van der Waals surface area contributed by atoms with E-state index in [0.29, 0.717) is 3.72 Å². The van der Waals surface area contributed by atoms with Gasteiger partial charge >= 0.3 is 127 Å². The number of hydrogen-bond acceptors (Lipinski definition) is 0. The van der Waals surface area contributed by atoms with E-state index >= 15 is 0 Å². The second-order valence-corrected chi connectivity index (χ2v) is 12.8. The molecule has 0 fully saturated rings. The van der Waals surface area contributed by atoms with Crippen molar-refractivity contribution in [2.75, 3.05) is 0 Å². The third kappa shape index (κ3) is 5.54. The van der Waals surface area contributed by atoms with Crippen LogP contribution in [0.2, 0.25) is 3.72 Å². The fraction of sp³-hybridized carbons (Fsp3) is 0.412. The van der Waals surface area contributed by atoms with E-state index < -0.39 is 17.9 Å². The van der Waals surface area contributed by atoms with Crippen molar-refractivity contribution in [1.82, 2.24) is 0 Å². The largest absolute Gasteiger partial charge is 1.00 e. The van der Waals surface area contributed by atoms with Crippen LogP contribution in [0.5, 0.6) is 0 Å². The molecule has 0 heterocycles. The maximum Gasteiger partial charge on any atom is -1.00 e. The van der Waals surface area contributed by atoms with Crippen LogP contribution in [0.15, 0.2) is 51.1 Å². The van der Waals surface area contributed by atoms with Crippen LogP contribution in [0.3, 0.4) is 0 Å². The van der Waals surface area contributed by atoms with E-state index in [1.165, 1.54) is 23.1 Å². The Labute approximate surface area is 163 Å². The van der Waals surface area contributed by atoms with E-state index in [9.17, 15) is 0 Å². The van der Waals surface area contributed by atoms with Gasteiger partial charge in [-0.25, -0.2) is 0 Å². The molecule has 1 aromatic carbocycles. The van der Waals surface area contributed by atoms with Crippen molar-refractivity contribution in [3.05, 3.63) is 51.1 Å². The second kappa shape index (κ2) is 10.4. The molecule has 0 amide bonds. The van der Waals surface area contributed by atoms with Gasteiger partial charge in [0.25, 0.3) is 0 Å². The first kappa shape index (κ1) is 24.7. The van der Waals surface area contributed by atoms with Crippen molar-refractivity contribution in [3.63, 3.8) is 0 Å². The maximum absolute atomic E-state index is 2.50. The summed E-state index contributed by atoms with van der Waals surface area (Å²) in [5, 5.41) is 1.67. The number of halogens is 3. The van der Waals surface area contributed by atoms with E-state index in [-0.39, 0.29) is 37.2 Å². The van der Waals surface area contributed by atoms with Gasteiger partial charge in [-0.1, -0.05) is 0 Å². The van der Waals surface area contributed by atoms with Crippen LogP contribution in [0.1, 0.15) is 40.5 Å². The van der Waals surface area contributed by atoms with Gasteiger partial charge in [-0.3, -0.25) is 0 Å². The molecule has 0 bridgehead atoms. The van der Waals surface area contributed by atoms with Crippen LogP contribution in [-0.2, 0) is 17.9 Å². The Morgan fingerprint density at radius 3 is 2.05 bits per heavy atom. The summed E-state index contributed by atoms with van der Waals surface area (Å²) in [6, 6.07) is 11.3. The minimum atomic E-state index is -1.43. The predicted octanol–water partition coefficient (Wildman–Crippen LogP) is -5.52. The molecular formula is C17H25Cl3SiTi. The van der Waals surface area contributed by atoms with Gasteiger partial charge in [-0.2, -0.15) is 0 Å². The zero-order valence-electron chi connectivity index (χ0n) is 14.0. The van der Waals surface area contributed by atoms with E-state index in [1.54, 1.807) is 14.6 Å². The molecule has 0 aromatic heterocycles. The molecule has 0 aliphatic heterocycles. The predicted molar refractivity (Wildman–Crippen MR) is 85.7 cm³/mol. The molecule has 0 radical (unpaired) electrons. The number of allylic oxidation sites excluding steroid dienone is 4. The molecule has 5 heteroatoms. The Bertz CT molecular complexity index is 518. The first-order valence-electron chi connectivity index (χ1n) is 7.27. The molecule has 0 spiro atoms. The van der Waals surface area contributed by atoms with Crippen molar-refractivity contribution < 1.29 is 55.1 Å². The van der Waals surface area contributed by atoms with E-state index in [4.69, 9.17) is 0 Å². The van der Waals surface area contributed by atoms with Gasteiger partial charge in [0.15, 0.2) is 0 Å². The van der Waals surface area contributed by atoms with Gasteiger partial charge in [0.1, 0.15) is 0 Å². The first-order valence-corrected chi connectivity index (χ1v) is 10.6. The summed E-state index contributed by atoms with van der Waals surface area (Å²) in [5.41, 5.74) is 1.72. The molecule has 122 valence electrons. The average molecular weight is 412 g/mol. The third-order valence-corrected chi connectivity index (χ3v) is 10.4. The minimum Gasteiger partial charge on any atom is -1.00 e. The molecule has 0 nitrogen and oxygen atoms in total. The Morgan fingerprint density at radius 1 is 1.05 bits per heavy atom. The van der Waals surface area contributed by atoms with Crippen molar-refractivity contribution in [1.29, 1.82) is 0 Å². The molecule has 0 unspecified atom stereocenters. The second-order valence-electron chi connectivity index (χ2n) is 6.39. The standard InChI is InChI=1S/C7H11Si.C6H5.C4H9.3ClH.Ti/c1-2-6-4-3-5-7(6)8;1-2-4-6-5-3-1;1-4(2)3;;;;/h5H,2-3H2,1,8H3;1-5H;1-3H3;3*1H;/q;;;;;;+3/p-3. The number of hydrogen-bond donors (Lipinski definition) is 0. The van der Waals surface area contributed by atoms with E-state index in [0.717, 1.165) is 0 Å². The molecule has 0 atom stereocenters. The SMILES string of the molecule is CCC1=[C]([Ti+3]([c]2ccccc2)[C](C)(C)C)CC=C1[SiH3].[Cl-].[Cl-].[Cl-]. The Morgan fingerprint density at radius 2 is 1.59 bits per heavy atom. The van der Waals surface area contributed by atoms with Gasteiger partial charge in [0.2, 0.25) is 0 Å². The molecule has 0 N–H and O–H groups in total. The summed E-state index contributed by atoms with van der Waals surface area (Å²) in [7, 11) is 1.21. The molecule has 1 aliphatic rings. The monoisotopic (exact) mass is 410 g/mol. The van der Waals surface area contributed by atoms with Crippen molar-refractivity contribution >= 4 is 14.1 Å². The topological polar surface area (TPSA) is 0 Å². The van der Waals surface area contributed by atoms with Gasteiger partial charge in [0, 0.05) is 0 Å². The number of benzene rings is 1. The summed E-state index contributed by atoms with van der Waals surface area (Å²) >= 11 is -1.43. The zero-order chi connectivity index (χ0) is 14.0.